The molecule has 0 aromatic carbocycles. The normalized spacial score (nSPS) is 12.2. The smallest absolute Gasteiger partial charge is 0.336 e. The Hall–Kier alpha value is -0.940. The highest BCUT2D eigenvalue weighted by Crippen LogP contribution is 1.98. The summed E-state index contributed by atoms with van der Waals surface area (Å²) in [6.45, 7) is 1.71. The van der Waals surface area contributed by atoms with Crippen LogP contribution in [0.1, 0.15) is 13.3 Å². The van der Waals surface area contributed by atoms with E-state index >= 15 is 0 Å². The maximum absolute atomic E-state index is 10.6. The lowest BCUT2D eigenvalue weighted by Gasteiger charge is -2.04. The van der Waals surface area contributed by atoms with E-state index < -0.39 is 11.9 Å². The fraction of sp³-hybridized carbons (Fsp3) is 0.600. The molecule has 0 spiro atoms. The molecular weight excluding hydrogens is 136 g/mol. The van der Waals surface area contributed by atoms with Crippen molar-refractivity contribution in [2.45, 2.75) is 13.3 Å². The fourth-order valence-corrected chi connectivity index (χ4v) is 0.452. The number of carbonyl (C=O) groups is 2. The third-order valence-corrected chi connectivity index (χ3v) is 1.07. The molecule has 58 valence electrons. The fourth-order valence-electron chi connectivity index (χ4n) is 0.452. The number of carbonyl (C=O) groups excluding carboxylic acids is 2. The molecule has 1 unspecified atom stereocenters. The van der Waals surface area contributed by atoms with E-state index in [0.717, 1.165) is 0 Å². The van der Waals surface area contributed by atoms with Gasteiger partial charge in [0.25, 0.3) is 0 Å². The molecule has 0 saturated heterocycles. The van der Waals surface area contributed by atoms with Crippen LogP contribution in [0.15, 0.2) is 0 Å². The molecule has 0 aromatic heterocycles. The molecule has 0 radical (unpaired) electrons. The molecule has 10 heavy (non-hydrogen) atoms. The third-order valence-electron chi connectivity index (χ3n) is 1.07. The van der Waals surface area contributed by atoms with Gasteiger partial charge in [0.05, 0.1) is 0 Å². The van der Waals surface area contributed by atoms with E-state index in [1.54, 1.807) is 12.5 Å². The van der Waals surface area contributed by atoms with E-state index in [0.29, 0.717) is 12.7 Å². The number of rotatable bonds is 4. The summed E-state index contributed by atoms with van der Waals surface area (Å²) in [5.74, 6) is 3.30. The van der Waals surface area contributed by atoms with Crippen LogP contribution in [0.2, 0.25) is 0 Å². The number of aldehydes is 1. The summed E-state index contributed by atoms with van der Waals surface area (Å²) in [4.78, 5) is 24.8. The average Bonchev–Trinajstić information content (AvgIpc) is 1.91. The molecule has 0 fully saturated rings. The number of nitrogens with two attached hydrogens (primary N) is 1. The summed E-state index contributed by atoms with van der Waals surface area (Å²) in [6.07, 6.45) is 0.948. The average molecular weight is 146 g/mol. The number of hydrogen-bond donors (Lipinski definition) is 2. The Balaban J connectivity index is 3.76. The van der Waals surface area contributed by atoms with Gasteiger partial charge in [0.2, 0.25) is 0 Å². The highest BCUT2D eigenvalue weighted by atomic mass is 16.7. The van der Waals surface area contributed by atoms with Gasteiger partial charge in [-0.2, -0.15) is 0 Å². The van der Waals surface area contributed by atoms with Crippen molar-refractivity contribution in [3.8, 4) is 0 Å². The molecule has 0 aromatic rings. The van der Waals surface area contributed by atoms with E-state index in [1.165, 1.54) is 0 Å². The van der Waals surface area contributed by atoms with Gasteiger partial charge in [-0.25, -0.2) is 10.6 Å². The molecule has 5 heteroatoms. The SMILES string of the molecule is CCC(C=O)C(=O)ONN. The summed E-state index contributed by atoms with van der Waals surface area (Å²) >= 11 is 0. The Bertz CT molecular complexity index is 126. The topological polar surface area (TPSA) is 81.4 Å². The first kappa shape index (κ1) is 9.06. The second kappa shape index (κ2) is 4.89. The highest BCUT2D eigenvalue weighted by molar-refractivity contribution is 5.87. The second-order valence-corrected chi connectivity index (χ2v) is 1.69. The van der Waals surface area contributed by atoms with E-state index in [1.807, 2.05) is 0 Å². The molecule has 0 rings (SSSR count). The van der Waals surface area contributed by atoms with Gasteiger partial charge in [-0.15, -0.1) is 0 Å². The first-order valence-corrected chi connectivity index (χ1v) is 2.87. The van der Waals surface area contributed by atoms with Crippen LogP contribution in [0.5, 0.6) is 0 Å². The van der Waals surface area contributed by atoms with E-state index in [2.05, 4.69) is 10.7 Å². The molecular formula is C5H10N2O3. The predicted octanol–water partition coefficient (Wildman–Crippen LogP) is -0.867. The number of hydrogen-bond acceptors (Lipinski definition) is 5. The van der Waals surface area contributed by atoms with Gasteiger partial charge in [0, 0.05) is 0 Å². The van der Waals surface area contributed by atoms with Crippen molar-refractivity contribution >= 4 is 12.3 Å². The zero-order valence-corrected chi connectivity index (χ0v) is 5.66. The van der Waals surface area contributed by atoms with Crippen molar-refractivity contribution in [2.75, 3.05) is 0 Å². The Morgan fingerprint density at radius 3 is 2.80 bits per heavy atom. The lowest BCUT2D eigenvalue weighted by atomic mass is 10.1. The summed E-state index contributed by atoms with van der Waals surface area (Å²) in [7, 11) is 0. The van der Waals surface area contributed by atoms with Gasteiger partial charge in [-0.1, -0.05) is 12.5 Å². The molecule has 0 amide bonds. The Labute approximate surface area is 58.4 Å². The molecule has 0 saturated carbocycles. The van der Waals surface area contributed by atoms with Gasteiger partial charge < -0.3 is 9.63 Å². The van der Waals surface area contributed by atoms with Crippen LogP contribution in [0.25, 0.3) is 0 Å². The molecule has 3 N–H and O–H groups in total. The predicted molar refractivity (Wildman–Crippen MR) is 33.3 cm³/mol. The standard InChI is InChI=1S/C5H10N2O3/c1-2-4(3-8)5(9)10-7-6/h3-4,7H,2,6H2,1H3. The largest absolute Gasteiger partial charge is 0.355 e. The monoisotopic (exact) mass is 146 g/mol. The quantitative estimate of drug-likeness (QED) is 0.233. The minimum atomic E-state index is -0.712. The zero-order chi connectivity index (χ0) is 7.98. The van der Waals surface area contributed by atoms with Crippen LogP contribution < -0.4 is 11.4 Å². The second-order valence-electron chi connectivity index (χ2n) is 1.69. The van der Waals surface area contributed by atoms with Crippen molar-refractivity contribution in [1.29, 1.82) is 0 Å². The summed E-state index contributed by atoms with van der Waals surface area (Å²) < 4.78 is 0. The van der Waals surface area contributed by atoms with Crippen LogP contribution in [0, 0.1) is 5.92 Å². The van der Waals surface area contributed by atoms with Gasteiger partial charge in [0.15, 0.2) is 0 Å². The van der Waals surface area contributed by atoms with Crippen LogP contribution >= 0.6 is 0 Å². The summed E-state index contributed by atoms with van der Waals surface area (Å²) in [6, 6.07) is 0. The Kier molecular flexibility index (Phi) is 4.43. The van der Waals surface area contributed by atoms with Crippen molar-refractivity contribution in [2.24, 2.45) is 11.8 Å². The lowest BCUT2D eigenvalue weighted by molar-refractivity contribution is -0.157. The van der Waals surface area contributed by atoms with E-state index in [4.69, 9.17) is 0 Å². The summed E-state index contributed by atoms with van der Waals surface area (Å²) in [5, 5.41) is 0. The molecule has 5 nitrogen and oxygen atoms in total. The maximum Gasteiger partial charge on any atom is 0.336 e. The zero-order valence-electron chi connectivity index (χ0n) is 5.66. The minimum absolute atomic E-state index is 0.421. The first-order valence-electron chi connectivity index (χ1n) is 2.87. The van der Waals surface area contributed by atoms with Gasteiger partial charge in [0.1, 0.15) is 12.2 Å². The van der Waals surface area contributed by atoms with Gasteiger partial charge >= 0.3 is 5.97 Å². The minimum Gasteiger partial charge on any atom is -0.355 e. The maximum atomic E-state index is 10.6. The van der Waals surface area contributed by atoms with Crippen LogP contribution in [0.4, 0.5) is 0 Å². The van der Waals surface area contributed by atoms with Crippen molar-refractivity contribution in [3.05, 3.63) is 0 Å². The number of hydrazine groups is 1. The van der Waals surface area contributed by atoms with Gasteiger partial charge in [-0.3, -0.25) is 0 Å². The van der Waals surface area contributed by atoms with E-state index in [9.17, 15) is 9.59 Å². The molecule has 0 bridgehead atoms. The molecule has 0 aliphatic heterocycles. The van der Waals surface area contributed by atoms with Crippen molar-refractivity contribution < 1.29 is 14.4 Å². The first-order chi connectivity index (χ1) is 4.76. The molecule has 0 aliphatic rings. The third kappa shape index (κ3) is 2.56. The molecule has 0 aliphatic carbocycles. The van der Waals surface area contributed by atoms with E-state index in [-0.39, 0.29) is 0 Å². The molecule has 1 atom stereocenters. The highest BCUT2D eigenvalue weighted by Gasteiger charge is 2.16. The summed E-state index contributed by atoms with van der Waals surface area (Å²) in [5.41, 5.74) is 1.71. The van der Waals surface area contributed by atoms with Crippen LogP contribution in [0.3, 0.4) is 0 Å². The van der Waals surface area contributed by atoms with Crippen molar-refractivity contribution in [1.82, 2.24) is 5.59 Å². The lowest BCUT2D eigenvalue weighted by Crippen LogP contribution is -2.30. The number of nitrogens with one attached hydrogen (secondary N) is 1. The van der Waals surface area contributed by atoms with Crippen LogP contribution in [-0.2, 0) is 14.4 Å². The van der Waals surface area contributed by atoms with Gasteiger partial charge in [-0.05, 0) is 6.42 Å². The van der Waals surface area contributed by atoms with Crippen molar-refractivity contribution in [3.63, 3.8) is 0 Å². The Morgan fingerprint density at radius 2 is 2.50 bits per heavy atom. The van der Waals surface area contributed by atoms with Crippen LogP contribution in [-0.4, -0.2) is 12.3 Å². The molecule has 0 heterocycles. The Morgan fingerprint density at radius 1 is 1.90 bits per heavy atom.